The van der Waals surface area contributed by atoms with Crippen LogP contribution in [0.2, 0.25) is 0 Å². The molecule has 3 aliphatic rings. The van der Waals surface area contributed by atoms with Crippen molar-refractivity contribution in [2.75, 3.05) is 13.2 Å². The molecule has 3 aliphatic heterocycles. The number of nitrogens with one attached hydrogen (secondary N) is 1. The summed E-state index contributed by atoms with van der Waals surface area (Å²) < 4.78 is 58.4. The van der Waals surface area contributed by atoms with Gasteiger partial charge in [0, 0.05) is 12.6 Å². The summed E-state index contributed by atoms with van der Waals surface area (Å²) in [4.78, 5) is 50.6. The molecule has 2 saturated heterocycles. The number of benzene rings is 1. The SMILES string of the molecule is C[C@@H]1NP(=O)(Oc2ccccc2)OC[C@H]2O[C@@H](N3C=CC(=O)CC3=O)[C@](C)(F)[C@@H]2OC(=O)CCCCCCCOC1=O. The minimum Gasteiger partial charge on any atom is -0.465 e. The Morgan fingerprint density at radius 1 is 1.07 bits per heavy atom. The molecule has 0 aliphatic carbocycles. The van der Waals surface area contributed by atoms with Crippen LogP contribution in [-0.2, 0) is 42.5 Å². The lowest BCUT2D eigenvalue weighted by Gasteiger charge is -2.33. The van der Waals surface area contributed by atoms with Crippen molar-refractivity contribution in [3.8, 4) is 5.75 Å². The fourth-order valence-electron chi connectivity index (χ4n) is 4.86. The standard InChI is InChI=1S/C28H36FN2O10P/c1-19-26(35)37-16-10-5-3-4-9-13-24(34)40-25-22(18-38-42(36,30-19)41-21-11-7-6-8-12-21)39-27(28(25,2)29)31-15-14-20(32)17-23(31)33/h6-8,11-12,14-15,19,22,25,27H,3-5,9-10,13,16-18H2,1-2H3,(H,30,36)/t19-,22+,25+,27+,28+,42?/m0/s1. The molecule has 1 amide bonds. The number of hydrogen-bond acceptors (Lipinski definition) is 10. The largest absolute Gasteiger partial charge is 0.465 e. The number of halogens is 1. The molecule has 2 fully saturated rings. The van der Waals surface area contributed by atoms with Crippen LogP contribution in [0.4, 0.5) is 4.39 Å². The zero-order chi connectivity index (χ0) is 30.3. The first kappa shape index (κ1) is 31.8. The van der Waals surface area contributed by atoms with Gasteiger partial charge >= 0.3 is 19.7 Å². The molecule has 0 radical (unpaired) electrons. The Kier molecular flexibility index (Phi) is 10.5. The summed E-state index contributed by atoms with van der Waals surface area (Å²) in [5.41, 5.74) is -2.44. The van der Waals surface area contributed by atoms with Gasteiger partial charge in [-0.1, -0.05) is 37.5 Å². The minimum absolute atomic E-state index is 0.0194. The number of nitrogens with zero attached hydrogens (tertiary/aromatic N) is 1. The van der Waals surface area contributed by atoms with Crippen molar-refractivity contribution in [2.45, 2.75) is 88.9 Å². The molecule has 6 atom stereocenters. The Balaban J connectivity index is 1.62. The van der Waals surface area contributed by atoms with Gasteiger partial charge in [0.1, 0.15) is 17.9 Å². The smallest absolute Gasteiger partial charge is 0.459 e. The third-order valence-corrected chi connectivity index (χ3v) is 8.72. The minimum atomic E-state index is -4.35. The maximum Gasteiger partial charge on any atom is 0.459 e. The molecule has 1 N–H and O–H groups in total. The first-order valence-corrected chi connectivity index (χ1v) is 15.5. The zero-order valence-corrected chi connectivity index (χ0v) is 24.5. The fraction of sp³-hybridized carbons (Fsp3) is 0.571. The number of amides is 1. The second-order valence-electron chi connectivity index (χ2n) is 10.6. The van der Waals surface area contributed by atoms with Gasteiger partial charge in [-0.3, -0.25) is 28.6 Å². The Morgan fingerprint density at radius 2 is 1.79 bits per heavy atom. The maximum absolute atomic E-state index is 16.4. The molecule has 12 nitrogen and oxygen atoms in total. The van der Waals surface area contributed by atoms with Crippen molar-refractivity contribution in [1.29, 1.82) is 0 Å². The van der Waals surface area contributed by atoms with Crippen LogP contribution in [0.1, 0.15) is 58.8 Å². The molecular weight excluding hydrogens is 574 g/mol. The number of allylic oxidation sites excluding steroid dienone is 1. The van der Waals surface area contributed by atoms with Gasteiger partial charge in [0.25, 0.3) is 0 Å². The third kappa shape index (κ3) is 8.03. The van der Waals surface area contributed by atoms with Gasteiger partial charge < -0.3 is 18.7 Å². The van der Waals surface area contributed by atoms with Crippen molar-refractivity contribution < 1.29 is 51.4 Å². The molecule has 4 rings (SSSR count). The molecular formula is C28H36FN2O10P. The van der Waals surface area contributed by atoms with E-state index in [4.69, 9.17) is 23.3 Å². The second kappa shape index (κ2) is 13.9. The van der Waals surface area contributed by atoms with E-state index in [1.807, 2.05) is 0 Å². The lowest BCUT2D eigenvalue weighted by Crippen LogP contribution is -2.52. The summed E-state index contributed by atoms with van der Waals surface area (Å²) in [6.07, 6.45) is 0.662. The van der Waals surface area contributed by atoms with Gasteiger partial charge in [0.15, 0.2) is 23.8 Å². The van der Waals surface area contributed by atoms with Crippen molar-refractivity contribution in [2.24, 2.45) is 0 Å². The lowest BCUT2D eigenvalue weighted by atomic mass is 9.97. The summed E-state index contributed by atoms with van der Waals surface area (Å²) >= 11 is 0. The lowest BCUT2D eigenvalue weighted by molar-refractivity contribution is -0.158. The molecule has 42 heavy (non-hydrogen) atoms. The van der Waals surface area contributed by atoms with E-state index < -0.39 is 74.5 Å². The number of ether oxygens (including phenoxy) is 3. The Labute approximate surface area is 243 Å². The Hall–Kier alpha value is -3.12. The van der Waals surface area contributed by atoms with Crippen LogP contribution in [0, 0.1) is 0 Å². The highest BCUT2D eigenvalue weighted by Crippen LogP contribution is 2.47. The van der Waals surface area contributed by atoms with Gasteiger partial charge in [0.05, 0.1) is 19.6 Å². The number of esters is 2. The summed E-state index contributed by atoms with van der Waals surface area (Å²) in [6, 6.07) is 6.95. The monoisotopic (exact) mass is 610 g/mol. The average molecular weight is 611 g/mol. The van der Waals surface area contributed by atoms with Crippen LogP contribution < -0.4 is 9.61 Å². The van der Waals surface area contributed by atoms with Crippen LogP contribution in [0.15, 0.2) is 42.6 Å². The quantitative estimate of drug-likeness (QED) is 0.303. The first-order valence-electron chi connectivity index (χ1n) is 14.0. The number of ketones is 1. The summed E-state index contributed by atoms with van der Waals surface area (Å²) in [6.45, 7) is 2.11. The predicted molar refractivity (Wildman–Crippen MR) is 146 cm³/mol. The number of alkyl halides is 1. The average Bonchev–Trinajstić information content (AvgIpc) is 3.18. The molecule has 1 unspecified atom stereocenters. The molecule has 230 valence electrons. The highest BCUT2D eigenvalue weighted by molar-refractivity contribution is 7.52. The topological polar surface area (TPSA) is 147 Å². The van der Waals surface area contributed by atoms with Gasteiger partial charge in [0.2, 0.25) is 5.91 Å². The normalized spacial score (nSPS) is 34.1. The third-order valence-electron chi connectivity index (χ3n) is 7.08. The number of para-hydroxylation sites is 1. The van der Waals surface area contributed by atoms with Gasteiger partial charge in [-0.25, -0.2) is 8.96 Å². The number of rotatable bonds is 3. The van der Waals surface area contributed by atoms with E-state index in [-0.39, 0.29) is 18.8 Å². The summed E-state index contributed by atoms with van der Waals surface area (Å²) in [7, 11) is -4.35. The van der Waals surface area contributed by atoms with E-state index >= 15 is 4.39 Å². The molecule has 1 aromatic carbocycles. The van der Waals surface area contributed by atoms with Crippen LogP contribution in [0.25, 0.3) is 0 Å². The van der Waals surface area contributed by atoms with E-state index in [0.29, 0.717) is 19.3 Å². The van der Waals surface area contributed by atoms with Gasteiger partial charge in [-0.05, 0) is 44.9 Å². The Morgan fingerprint density at radius 3 is 2.52 bits per heavy atom. The molecule has 14 heteroatoms. The summed E-state index contributed by atoms with van der Waals surface area (Å²) in [5.74, 6) is -2.31. The zero-order valence-electron chi connectivity index (χ0n) is 23.6. The first-order chi connectivity index (χ1) is 20.0. The van der Waals surface area contributed by atoms with Crippen molar-refractivity contribution >= 4 is 31.4 Å². The van der Waals surface area contributed by atoms with E-state index in [2.05, 4.69) is 5.09 Å². The van der Waals surface area contributed by atoms with Crippen molar-refractivity contribution in [3.05, 3.63) is 42.6 Å². The number of fused-ring (bicyclic) bond motifs is 1. The highest BCUT2D eigenvalue weighted by atomic mass is 31.2. The van der Waals surface area contributed by atoms with E-state index in [9.17, 15) is 23.7 Å². The molecule has 0 aromatic heterocycles. The second-order valence-corrected chi connectivity index (χ2v) is 12.3. The van der Waals surface area contributed by atoms with Crippen molar-refractivity contribution in [3.63, 3.8) is 0 Å². The summed E-state index contributed by atoms with van der Waals surface area (Å²) in [5, 5.41) is 2.56. The van der Waals surface area contributed by atoms with E-state index in [1.165, 1.54) is 19.1 Å². The van der Waals surface area contributed by atoms with Crippen molar-refractivity contribution in [1.82, 2.24) is 9.99 Å². The van der Waals surface area contributed by atoms with Crippen LogP contribution >= 0.6 is 7.75 Å². The van der Waals surface area contributed by atoms with Crippen LogP contribution in [0.3, 0.4) is 0 Å². The van der Waals surface area contributed by atoms with Crippen LogP contribution in [-0.4, -0.2) is 71.9 Å². The molecule has 0 saturated carbocycles. The van der Waals surface area contributed by atoms with E-state index in [1.54, 1.807) is 18.2 Å². The number of carbonyl (C=O) groups excluding carboxylic acids is 4. The van der Waals surface area contributed by atoms with Gasteiger partial charge in [-0.15, -0.1) is 0 Å². The predicted octanol–water partition coefficient (Wildman–Crippen LogP) is 3.75. The Bertz CT molecular complexity index is 1230. The fourth-order valence-corrected chi connectivity index (χ4v) is 6.36. The number of hydrogen-bond donors (Lipinski definition) is 1. The van der Waals surface area contributed by atoms with Gasteiger partial charge in [-0.2, -0.15) is 5.09 Å². The highest BCUT2D eigenvalue weighted by Gasteiger charge is 2.60. The number of cyclic esters (lactones) is 1. The molecule has 0 spiro atoms. The number of carbonyl (C=O) groups is 4. The molecule has 1 aromatic rings. The molecule has 0 bridgehead atoms. The molecule has 3 heterocycles. The van der Waals surface area contributed by atoms with Crippen LogP contribution in [0.5, 0.6) is 5.75 Å². The van der Waals surface area contributed by atoms with E-state index in [0.717, 1.165) is 36.9 Å². The maximum atomic E-state index is 16.4.